The SMILES string of the molecule is CC(C)(CCc1ccc(O)c(OC(F)(F)F)c1)N1CC2=C(C1)C(C(=O)N1CCOCC1)CC=C2. The molecule has 0 aromatic heterocycles. The van der Waals surface area contributed by atoms with Crippen LogP contribution in [0.5, 0.6) is 11.5 Å². The van der Waals surface area contributed by atoms with Crippen LogP contribution in [0.4, 0.5) is 13.2 Å². The van der Waals surface area contributed by atoms with Crippen molar-refractivity contribution in [2.45, 2.75) is 45.0 Å². The highest BCUT2D eigenvalue weighted by Gasteiger charge is 2.39. The van der Waals surface area contributed by atoms with Crippen molar-refractivity contribution in [2.75, 3.05) is 39.4 Å². The molecule has 9 heteroatoms. The molecule has 1 aromatic carbocycles. The Bertz CT molecular complexity index is 981. The predicted molar refractivity (Wildman–Crippen MR) is 120 cm³/mol. The van der Waals surface area contributed by atoms with Crippen molar-refractivity contribution in [3.63, 3.8) is 0 Å². The van der Waals surface area contributed by atoms with Gasteiger partial charge in [0.05, 0.1) is 19.1 Å². The van der Waals surface area contributed by atoms with E-state index in [1.807, 2.05) is 4.90 Å². The molecule has 1 saturated heterocycles. The zero-order valence-electron chi connectivity index (χ0n) is 19.5. The van der Waals surface area contributed by atoms with Gasteiger partial charge in [-0.05, 0) is 62.0 Å². The lowest BCUT2D eigenvalue weighted by Gasteiger charge is -2.37. The number of aryl methyl sites for hydroxylation is 1. The van der Waals surface area contributed by atoms with E-state index in [1.165, 1.54) is 23.3 Å². The molecule has 0 spiro atoms. The number of hydrogen-bond donors (Lipinski definition) is 1. The van der Waals surface area contributed by atoms with Gasteiger partial charge in [-0.15, -0.1) is 13.2 Å². The Morgan fingerprint density at radius 3 is 2.65 bits per heavy atom. The average molecular weight is 481 g/mol. The van der Waals surface area contributed by atoms with Crippen molar-refractivity contribution >= 4 is 5.91 Å². The number of amides is 1. The van der Waals surface area contributed by atoms with E-state index >= 15 is 0 Å². The number of halogens is 3. The van der Waals surface area contributed by atoms with Gasteiger partial charge in [0.15, 0.2) is 11.5 Å². The van der Waals surface area contributed by atoms with E-state index < -0.39 is 17.9 Å². The summed E-state index contributed by atoms with van der Waals surface area (Å²) in [6.45, 7) is 8.07. The summed E-state index contributed by atoms with van der Waals surface area (Å²) in [5, 5.41) is 9.70. The maximum Gasteiger partial charge on any atom is 0.573 e. The standard InChI is InChI=1S/C25H31F3N2O4/c1-24(2,9-8-17-6-7-21(31)22(14-17)34-25(26,27)28)30-15-18-4-3-5-19(20(18)16-30)23(32)29-10-12-33-13-11-29/h3-4,6-7,14,19,31H,5,8-13,15-16H2,1-2H3. The Morgan fingerprint density at radius 2 is 1.94 bits per heavy atom. The number of ether oxygens (including phenoxy) is 2. The van der Waals surface area contributed by atoms with Gasteiger partial charge >= 0.3 is 6.36 Å². The molecule has 0 bridgehead atoms. The predicted octanol–water partition coefficient (Wildman–Crippen LogP) is 4.05. The highest BCUT2D eigenvalue weighted by molar-refractivity contribution is 5.83. The summed E-state index contributed by atoms with van der Waals surface area (Å²) in [6.07, 6.45) is 1.26. The molecular formula is C25H31F3N2O4. The minimum absolute atomic E-state index is 0.141. The number of carbonyl (C=O) groups excluding carboxylic acids is 1. The molecule has 3 aliphatic rings. The number of benzene rings is 1. The molecule has 1 atom stereocenters. The topological polar surface area (TPSA) is 62.2 Å². The van der Waals surface area contributed by atoms with Gasteiger partial charge < -0.3 is 19.5 Å². The fourth-order valence-corrected chi connectivity index (χ4v) is 4.86. The summed E-state index contributed by atoms with van der Waals surface area (Å²) in [5.74, 6) is -1.10. The largest absolute Gasteiger partial charge is 0.573 e. The van der Waals surface area contributed by atoms with Crippen LogP contribution < -0.4 is 4.74 Å². The van der Waals surface area contributed by atoms with Crippen LogP contribution in [0.1, 0.15) is 32.3 Å². The van der Waals surface area contributed by atoms with Crippen molar-refractivity contribution in [3.8, 4) is 11.5 Å². The highest BCUT2D eigenvalue weighted by Crippen LogP contribution is 2.38. The van der Waals surface area contributed by atoms with Gasteiger partial charge in [0.25, 0.3) is 0 Å². The fourth-order valence-electron chi connectivity index (χ4n) is 4.86. The first-order valence-electron chi connectivity index (χ1n) is 11.6. The number of allylic oxidation sites excluding steroid dienone is 1. The summed E-state index contributed by atoms with van der Waals surface area (Å²) in [7, 11) is 0. The van der Waals surface area contributed by atoms with Gasteiger partial charge in [0.1, 0.15) is 0 Å². The Morgan fingerprint density at radius 1 is 1.21 bits per heavy atom. The molecule has 4 rings (SSSR count). The Kier molecular flexibility index (Phi) is 6.96. The smallest absolute Gasteiger partial charge is 0.504 e. The van der Waals surface area contributed by atoms with Gasteiger partial charge in [-0.3, -0.25) is 9.69 Å². The van der Waals surface area contributed by atoms with E-state index in [0.29, 0.717) is 57.7 Å². The average Bonchev–Trinajstić information content (AvgIpc) is 3.24. The van der Waals surface area contributed by atoms with Crippen LogP contribution >= 0.6 is 0 Å². The second kappa shape index (κ2) is 9.62. The summed E-state index contributed by atoms with van der Waals surface area (Å²) >= 11 is 0. The van der Waals surface area contributed by atoms with Crippen LogP contribution in [0.25, 0.3) is 0 Å². The number of morpholine rings is 1. The molecule has 2 aliphatic heterocycles. The third-order valence-electron chi connectivity index (χ3n) is 7.00. The van der Waals surface area contributed by atoms with Gasteiger partial charge in [0.2, 0.25) is 5.91 Å². The molecule has 1 aromatic rings. The van der Waals surface area contributed by atoms with Crippen LogP contribution in [0, 0.1) is 5.92 Å². The van der Waals surface area contributed by atoms with Crippen molar-refractivity contribution in [3.05, 3.63) is 47.1 Å². The minimum atomic E-state index is -4.86. The molecule has 1 aliphatic carbocycles. The van der Waals surface area contributed by atoms with Crippen molar-refractivity contribution in [2.24, 2.45) is 5.92 Å². The quantitative estimate of drug-likeness (QED) is 0.666. The molecule has 1 unspecified atom stereocenters. The zero-order valence-corrected chi connectivity index (χ0v) is 19.5. The molecule has 186 valence electrons. The van der Waals surface area contributed by atoms with Crippen LogP contribution in [-0.2, 0) is 16.0 Å². The van der Waals surface area contributed by atoms with E-state index in [-0.39, 0.29) is 17.4 Å². The molecular weight excluding hydrogens is 449 g/mol. The van der Waals surface area contributed by atoms with Crippen LogP contribution in [0.15, 0.2) is 41.5 Å². The molecule has 1 fully saturated rings. The zero-order chi connectivity index (χ0) is 24.5. The first-order chi connectivity index (χ1) is 16.0. The Balaban J connectivity index is 1.40. The maximum absolute atomic E-state index is 13.2. The van der Waals surface area contributed by atoms with Crippen molar-refractivity contribution in [1.29, 1.82) is 0 Å². The first-order valence-corrected chi connectivity index (χ1v) is 11.6. The van der Waals surface area contributed by atoms with Gasteiger partial charge in [-0.25, -0.2) is 0 Å². The Hall–Kier alpha value is -2.52. The van der Waals surface area contributed by atoms with E-state index in [1.54, 1.807) is 6.07 Å². The number of phenolic OH excluding ortho intramolecular Hbond substituents is 1. The third-order valence-corrected chi connectivity index (χ3v) is 7.00. The number of alkyl halides is 3. The Labute approximate surface area is 197 Å². The highest BCUT2D eigenvalue weighted by atomic mass is 19.4. The third kappa shape index (κ3) is 5.58. The number of rotatable bonds is 6. The van der Waals surface area contributed by atoms with Crippen LogP contribution in [-0.4, -0.2) is 72.1 Å². The lowest BCUT2D eigenvalue weighted by atomic mass is 9.87. The monoisotopic (exact) mass is 480 g/mol. The van der Waals surface area contributed by atoms with Gasteiger partial charge in [0, 0.05) is 31.7 Å². The second-order valence-electron chi connectivity index (χ2n) is 9.70. The molecule has 2 heterocycles. The maximum atomic E-state index is 13.2. The number of aromatic hydroxyl groups is 1. The summed E-state index contributed by atoms with van der Waals surface area (Å²) in [5.41, 5.74) is 2.78. The van der Waals surface area contributed by atoms with Crippen LogP contribution in [0.2, 0.25) is 0 Å². The van der Waals surface area contributed by atoms with E-state index in [4.69, 9.17) is 4.74 Å². The molecule has 1 amide bonds. The van der Waals surface area contributed by atoms with Crippen molar-refractivity contribution < 1.29 is 32.5 Å². The summed E-state index contributed by atoms with van der Waals surface area (Å²) in [6, 6.07) is 4.08. The lowest BCUT2D eigenvalue weighted by Crippen LogP contribution is -2.46. The molecule has 1 N–H and O–H groups in total. The molecule has 6 nitrogen and oxygen atoms in total. The number of phenols is 1. The fraction of sp³-hybridized carbons (Fsp3) is 0.560. The lowest BCUT2D eigenvalue weighted by molar-refractivity contribution is -0.275. The van der Waals surface area contributed by atoms with E-state index in [0.717, 1.165) is 6.54 Å². The molecule has 0 saturated carbocycles. The van der Waals surface area contributed by atoms with E-state index in [2.05, 4.69) is 35.6 Å². The van der Waals surface area contributed by atoms with Gasteiger partial charge in [-0.1, -0.05) is 18.2 Å². The van der Waals surface area contributed by atoms with Gasteiger partial charge in [-0.2, -0.15) is 0 Å². The number of nitrogens with zero attached hydrogens (tertiary/aromatic N) is 2. The second-order valence-corrected chi connectivity index (χ2v) is 9.70. The first kappa shape index (κ1) is 24.6. The normalized spacial score (nSPS) is 21.7. The van der Waals surface area contributed by atoms with E-state index in [9.17, 15) is 23.1 Å². The molecule has 34 heavy (non-hydrogen) atoms. The number of carbonyl (C=O) groups is 1. The van der Waals surface area contributed by atoms with Crippen LogP contribution in [0.3, 0.4) is 0 Å². The summed E-state index contributed by atoms with van der Waals surface area (Å²) in [4.78, 5) is 17.4. The van der Waals surface area contributed by atoms with Crippen molar-refractivity contribution in [1.82, 2.24) is 9.80 Å². The molecule has 0 radical (unpaired) electrons. The number of hydrogen-bond acceptors (Lipinski definition) is 5. The minimum Gasteiger partial charge on any atom is -0.504 e. The summed E-state index contributed by atoms with van der Waals surface area (Å²) < 4.78 is 47.1.